The summed E-state index contributed by atoms with van der Waals surface area (Å²) in [6.45, 7) is 23.3. The number of halogens is 8. The fraction of sp³-hybridized carbons (Fsp3) is 0.0930. The molecule has 730 valence electrons. The van der Waals surface area contributed by atoms with E-state index in [1.165, 1.54) is 165 Å². The van der Waals surface area contributed by atoms with Gasteiger partial charge in [0, 0.05) is 144 Å². The number of aromatic nitrogens is 9. The first kappa shape index (κ1) is 100. The molecule has 0 unspecified atom stereocenters. The Labute approximate surface area is 861 Å². The second-order valence-electron chi connectivity index (χ2n) is 36.7. The highest BCUT2D eigenvalue weighted by atomic mass is 35.5. The summed E-state index contributed by atoms with van der Waals surface area (Å²) in [5.74, 6) is -0.886. The molecule has 18 heteroatoms. The zero-order valence-corrected chi connectivity index (χ0v) is 84.7. The lowest BCUT2D eigenvalue weighted by molar-refractivity contribution is -0.145. The predicted octanol–water partition coefficient (Wildman–Crippen LogP) is 36.2. The van der Waals surface area contributed by atoms with Gasteiger partial charge in [0.2, 0.25) is 5.82 Å². The molecule has 16 heterocycles. The zero-order chi connectivity index (χ0) is 103. The number of alkyl halides is 3. The maximum absolute atomic E-state index is 13.2. The van der Waals surface area contributed by atoms with Crippen molar-refractivity contribution in [2.75, 3.05) is 0 Å². The van der Waals surface area contributed by atoms with E-state index >= 15 is 0 Å². The molecule has 0 aliphatic heterocycles. The Kier molecular flexibility index (Phi) is 30.3. The molecule has 0 amide bonds. The van der Waals surface area contributed by atoms with Crippen molar-refractivity contribution in [2.24, 2.45) is 0 Å². The number of para-hydroxylation sites is 1. The molecule has 147 heavy (non-hydrogen) atoms. The Morgan fingerprint density at radius 2 is 0.537 bits per heavy atom. The minimum absolute atomic E-state index is 0.202. The summed E-state index contributed by atoms with van der Waals surface area (Å²) in [6, 6.07) is 129. The highest BCUT2D eigenvalue weighted by Gasteiger charge is 2.36. The van der Waals surface area contributed by atoms with Gasteiger partial charge in [-0.05, 0) is 388 Å². The Morgan fingerprint density at radius 3 is 0.959 bits per heavy atom. The van der Waals surface area contributed by atoms with Crippen molar-refractivity contribution in [2.45, 2.75) is 82.3 Å². The summed E-state index contributed by atoms with van der Waals surface area (Å²) in [4.78, 5) is 3.48. The van der Waals surface area contributed by atoms with Gasteiger partial charge in [0.1, 0.15) is 29.0 Å². The third-order valence-corrected chi connectivity index (χ3v) is 26.8. The molecular weight excluding hydrogens is 1880 g/mol. The van der Waals surface area contributed by atoms with E-state index in [-0.39, 0.29) is 5.82 Å². The monoisotopic (exact) mass is 1980 g/mol. The van der Waals surface area contributed by atoms with Crippen LogP contribution in [0.3, 0.4) is 0 Å². The molecule has 0 aliphatic rings. The SMILES string of the molecule is Cc1ccc2ccc(-c3cc(F)cc(F)c3)cn12.Cc1ccc2ccc(-c3ccc(Cl)cc3)cn12.Cc1ccc2ccc(-c3cccc(Cl)c3)cn12.Cc1ccc2ccc(-c3cccc(F)c3)cn12.Cc1cccc(-c2ccc3ccc(C)n3c2)c1.Cc1cccc(-c2ccc3ccc(C)n3c2)c1C.Cc1ccccc1-c1ccc2ccc(C)n2c1.FC(F)(F)c1ncc2ccc(-c3ccc(Oc4ccccc4)cc3)cn12. The summed E-state index contributed by atoms with van der Waals surface area (Å²) in [5.41, 5.74) is 39.8. The number of pyridine rings is 8. The van der Waals surface area contributed by atoms with Gasteiger partial charge in [-0.3, -0.25) is 4.40 Å². The third kappa shape index (κ3) is 23.7. The molecule has 0 spiro atoms. The fourth-order valence-corrected chi connectivity index (χ4v) is 18.4. The van der Waals surface area contributed by atoms with E-state index in [4.69, 9.17) is 27.9 Å². The van der Waals surface area contributed by atoms with Crippen LogP contribution in [0.5, 0.6) is 11.5 Å². The number of nitrogens with zero attached hydrogens (tertiary/aromatic N) is 9. The molecule has 0 radical (unpaired) electrons. The van der Waals surface area contributed by atoms with Crippen LogP contribution in [0.1, 0.15) is 67.9 Å². The van der Waals surface area contributed by atoms with Gasteiger partial charge in [-0.15, -0.1) is 0 Å². The van der Waals surface area contributed by atoms with E-state index in [1.54, 1.807) is 36.4 Å². The summed E-state index contributed by atoms with van der Waals surface area (Å²) in [7, 11) is 0. The number of aryl methyl sites for hydroxylation is 10. The lowest BCUT2D eigenvalue weighted by Gasteiger charge is -2.10. The van der Waals surface area contributed by atoms with Crippen molar-refractivity contribution in [1.82, 2.24) is 40.2 Å². The Hall–Kier alpha value is -17.1. The Bertz CT molecular complexity index is 8670. The van der Waals surface area contributed by atoms with Crippen molar-refractivity contribution < 1.29 is 31.1 Å². The van der Waals surface area contributed by atoms with Gasteiger partial charge in [0.25, 0.3) is 0 Å². The fourth-order valence-electron chi connectivity index (χ4n) is 18.0. The molecule has 10 nitrogen and oxygen atoms in total. The van der Waals surface area contributed by atoms with Crippen LogP contribution in [0.25, 0.3) is 133 Å². The van der Waals surface area contributed by atoms with E-state index in [9.17, 15) is 26.3 Å². The zero-order valence-electron chi connectivity index (χ0n) is 83.2. The van der Waals surface area contributed by atoms with Crippen LogP contribution in [0.4, 0.5) is 26.3 Å². The quantitative estimate of drug-likeness (QED) is 0.128. The van der Waals surface area contributed by atoms with E-state index in [1.807, 2.05) is 151 Å². The molecule has 25 aromatic rings. The van der Waals surface area contributed by atoms with Crippen LogP contribution in [0.2, 0.25) is 10.0 Å². The average molecular weight is 1980 g/mol. The molecule has 0 saturated heterocycles. The second kappa shape index (κ2) is 44.4. The number of hydrogen-bond donors (Lipinski definition) is 0. The van der Waals surface area contributed by atoms with Crippen molar-refractivity contribution in [1.29, 1.82) is 0 Å². The van der Waals surface area contributed by atoms with Crippen molar-refractivity contribution in [3.63, 3.8) is 0 Å². The first-order chi connectivity index (χ1) is 71.0. The summed E-state index contributed by atoms with van der Waals surface area (Å²) >= 11 is 11.9. The van der Waals surface area contributed by atoms with Gasteiger partial charge in [-0.1, -0.05) is 211 Å². The lowest BCUT2D eigenvalue weighted by Crippen LogP contribution is -2.10. The minimum atomic E-state index is -4.50. The minimum Gasteiger partial charge on any atom is -0.457 e. The smallest absolute Gasteiger partial charge is 0.450 e. The highest BCUT2D eigenvalue weighted by molar-refractivity contribution is 6.31. The molecule has 9 aromatic carbocycles. The van der Waals surface area contributed by atoms with Crippen molar-refractivity contribution >= 4 is 67.3 Å². The molecule has 0 fully saturated rings. The van der Waals surface area contributed by atoms with Gasteiger partial charge >= 0.3 is 6.18 Å². The number of imidazole rings is 1. The standard InChI is InChI=1S/C20H13F3N2O.C17H17N.2C16H15N.2C15H12ClN.C15H11F2N.C15H12FN/c21-20(22,23)19-24-12-16-9-6-15(13-25(16)19)14-7-10-18(11-8-14)26-17-4-2-1-3-5-17;1-12-5-4-6-17(14(12)3)15-8-10-16-9-7-13(2)18(16)11-15;1-12-4-3-5-14(10-12)15-7-9-16-8-6-13(2)17(16)11-15;1-12-5-3-4-6-16(12)14-8-10-15-9-7-13(2)17(15)11-14;1-11-2-8-15-9-5-13(10-17(11)15)12-3-6-14(16)7-4-12;1-11-5-7-15-8-6-13(10-17(11)15)12-3-2-4-14(16)9-12;1-10-2-4-15-5-3-11(9-18(10)15)12-6-13(16)8-14(17)7-12;1-11-5-7-15-8-6-13(10-17(11)15)12-3-2-4-14(16)9-12/h1-13H;4-11H,1-3H3;2*3-11H,1-2H3;2*2-10H,1H3;2-9H,1H3;2-10H,1H3. The van der Waals surface area contributed by atoms with E-state index in [0.717, 1.165) is 70.8 Å². The van der Waals surface area contributed by atoms with Crippen molar-refractivity contribution in [3.8, 4) is 101 Å². The molecule has 16 aromatic heterocycles. The first-order valence-electron chi connectivity index (χ1n) is 48.4. The Balaban J connectivity index is 0.000000111. The van der Waals surface area contributed by atoms with Gasteiger partial charge in [0.05, 0.1) is 11.7 Å². The van der Waals surface area contributed by atoms with Crippen LogP contribution >= 0.6 is 23.2 Å². The number of fused-ring (bicyclic) bond motifs is 8. The average Bonchev–Trinajstić information content (AvgIpc) is 1.64. The van der Waals surface area contributed by atoms with Crippen LogP contribution in [-0.4, -0.2) is 40.2 Å². The molecule has 0 aliphatic carbocycles. The van der Waals surface area contributed by atoms with Crippen LogP contribution in [0.15, 0.2) is 450 Å². The maximum atomic E-state index is 13.2. The molecule has 0 N–H and O–H groups in total. The third-order valence-electron chi connectivity index (χ3n) is 26.3. The summed E-state index contributed by atoms with van der Waals surface area (Å²) in [5, 5.41) is 1.54. The molecule has 0 bridgehead atoms. The van der Waals surface area contributed by atoms with Gasteiger partial charge < -0.3 is 35.5 Å². The molecule has 0 atom stereocenters. The largest absolute Gasteiger partial charge is 0.457 e. The molecule has 0 saturated carbocycles. The number of benzene rings is 9. The van der Waals surface area contributed by atoms with Crippen molar-refractivity contribution in [3.05, 3.63) is 546 Å². The summed E-state index contributed by atoms with van der Waals surface area (Å²) < 4.78 is 101. The van der Waals surface area contributed by atoms with Gasteiger partial charge in [-0.2, -0.15) is 13.2 Å². The lowest BCUT2D eigenvalue weighted by atomic mass is 9.98. The maximum Gasteiger partial charge on any atom is 0.450 e. The van der Waals surface area contributed by atoms with E-state index < -0.39 is 23.6 Å². The number of rotatable bonds is 10. The van der Waals surface area contributed by atoms with E-state index in [0.29, 0.717) is 22.4 Å². The van der Waals surface area contributed by atoms with Gasteiger partial charge in [-0.25, -0.2) is 18.2 Å². The second-order valence-corrected chi connectivity index (χ2v) is 37.5. The predicted molar refractivity (Wildman–Crippen MR) is 594 cm³/mol. The number of ether oxygens (including phenoxy) is 1. The molecular formula is C129H107Cl2F6N9O. The number of hydrogen-bond acceptors (Lipinski definition) is 2. The molecule has 25 rings (SSSR count). The summed E-state index contributed by atoms with van der Waals surface area (Å²) in [6.07, 6.45) is 13.0. The normalized spacial score (nSPS) is 11.1. The first-order valence-corrected chi connectivity index (χ1v) is 49.1. The van der Waals surface area contributed by atoms with Crippen LogP contribution in [0, 0.1) is 93.6 Å². The topological polar surface area (TPSA) is 57.4 Å². The van der Waals surface area contributed by atoms with Gasteiger partial charge in [0.15, 0.2) is 0 Å². The van der Waals surface area contributed by atoms with Crippen LogP contribution < -0.4 is 4.74 Å². The Morgan fingerprint density at radius 1 is 0.224 bits per heavy atom. The van der Waals surface area contributed by atoms with E-state index in [2.05, 4.69) is 338 Å². The van der Waals surface area contributed by atoms with Crippen LogP contribution in [-0.2, 0) is 6.18 Å². The highest BCUT2D eigenvalue weighted by Crippen LogP contribution is 2.36.